The van der Waals surface area contributed by atoms with Gasteiger partial charge < -0.3 is 9.47 Å². The highest BCUT2D eigenvalue weighted by atomic mass is 16.6. The van der Waals surface area contributed by atoms with E-state index in [4.69, 9.17) is 9.47 Å². The first-order chi connectivity index (χ1) is 8.58. The molecule has 0 bridgehead atoms. The lowest BCUT2D eigenvalue weighted by Crippen LogP contribution is -2.41. The summed E-state index contributed by atoms with van der Waals surface area (Å²) in [5.74, 6) is -0.966. The Kier molecular flexibility index (Phi) is 8.08. The predicted octanol–water partition coefficient (Wildman–Crippen LogP) is 2.87. The second kappa shape index (κ2) is 8.72. The molecule has 0 spiro atoms. The molecule has 0 fully saturated rings. The van der Waals surface area contributed by atoms with Crippen LogP contribution < -0.4 is 0 Å². The topological polar surface area (TPSA) is 52.6 Å². The van der Waals surface area contributed by atoms with Gasteiger partial charge in [0.15, 0.2) is 5.41 Å². The van der Waals surface area contributed by atoms with Gasteiger partial charge in [-0.05, 0) is 33.6 Å². The lowest BCUT2D eigenvalue weighted by atomic mass is 9.80. The van der Waals surface area contributed by atoms with Gasteiger partial charge in [-0.15, -0.1) is 0 Å². The van der Waals surface area contributed by atoms with Crippen molar-refractivity contribution in [2.75, 3.05) is 13.2 Å². The van der Waals surface area contributed by atoms with Crippen LogP contribution in [0.3, 0.4) is 0 Å². The third-order valence-electron chi connectivity index (χ3n) is 2.71. The Labute approximate surface area is 109 Å². The molecular formula is C14H24O4. The summed E-state index contributed by atoms with van der Waals surface area (Å²) >= 11 is 0. The van der Waals surface area contributed by atoms with Crippen LogP contribution in [0.5, 0.6) is 0 Å². The second-order valence-electron chi connectivity index (χ2n) is 4.05. The number of ether oxygens (including phenoxy) is 2. The molecule has 0 aliphatic heterocycles. The van der Waals surface area contributed by atoms with Crippen molar-refractivity contribution >= 4 is 11.9 Å². The van der Waals surface area contributed by atoms with Crippen molar-refractivity contribution in [3.8, 4) is 0 Å². The Morgan fingerprint density at radius 3 is 1.89 bits per heavy atom. The van der Waals surface area contributed by atoms with E-state index in [1.54, 1.807) is 13.8 Å². The normalized spacial score (nSPS) is 11.6. The molecule has 0 saturated carbocycles. The summed E-state index contributed by atoms with van der Waals surface area (Å²) in [7, 11) is 0. The van der Waals surface area contributed by atoms with E-state index in [-0.39, 0.29) is 13.2 Å². The minimum Gasteiger partial charge on any atom is -0.465 e. The molecule has 0 heterocycles. The van der Waals surface area contributed by atoms with Crippen molar-refractivity contribution < 1.29 is 19.1 Å². The molecule has 0 saturated heterocycles. The molecule has 18 heavy (non-hydrogen) atoms. The summed E-state index contributed by atoms with van der Waals surface area (Å²) in [5, 5.41) is 0. The van der Waals surface area contributed by atoms with E-state index < -0.39 is 17.4 Å². The number of rotatable bonds is 8. The first-order valence-electron chi connectivity index (χ1n) is 6.54. The maximum Gasteiger partial charge on any atom is 0.323 e. The van der Waals surface area contributed by atoms with Crippen molar-refractivity contribution in [3.05, 3.63) is 12.2 Å². The first-order valence-corrected chi connectivity index (χ1v) is 6.54. The van der Waals surface area contributed by atoms with Gasteiger partial charge in [-0.2, -0.15) is 0 Å². The second-order valence-corrected chi connectivity index (χ2v) is 4.05. The highest BCUT2D eigenvalue weighted by Crippen LogP contribution is 2.32. The fourth-order valence-corrected chi connectivity index (χ4v) is 1.84. The summed E-state index contributed by atoms with van der Waals surface area (Å²) in [5.41, 5.74) is -1.19. The summed E-state index contributed by atoms with van der Waals surface area (Å²) in [6.45, 7) is 7.78. The van der Waals surface area contributed by atoms with E-state index in [1.165, 1.54) is 0 Å². The van der Waals surface area contributed by atoms with Gasteiger partial charge in [0, 0.05) is 0 Å². The van der Waals surface area contributed by atoms with Crippen LogP contribution in [0.2, 0.25) is 0 Å². The third-order valence-corrected chi connectivity index (χ3v) is 2.71. The Balaban J connectivity index is 5.25. The molecule has 0 unspecified atom stereocenters. The van der Waals surface area contributed by atoms with Crippen LogP contribution in [-0.2, 0) is 19.1 Å². The van der Waals surface area contributed by atoms with Gasteiger partial charge in [0.25, 0.3) is 0 Å². The van der Waals surface area contributed by atoms with E-state index >= 15 is 0 Å². The highest BCUT2D eigenvalue weighted by Gasteiger charge is 2.47. The zero-order chi connectivity index (χ0) is 14.0. The number of esters is 2. The zero-order valence-corrected chi connectivity index (χ0v) is 11.8. The average Bonchev–Trinajstić information content (AvgIpc) is 2.35. The third kappa shape index (κ3) is 4.17. The molecule has 0 N–H and O–H groups in total. The van der Waals surface area contributed by atoms with Gasteiger partial charge in [0.2, 0.25) is 0 Å². The monoisotopic (exact) mass is 256 g/mol. The van der Waals surface area contributed by atoms with E-state index in [0.29, 0.717) is 12.8 Å². The smallest absolute Gasteiger partial charge is 0.323 e. The van der Waals surface area contributed by atoms with Crippen molar-refractivity contribution in [2.45, 2.75) is 47.0 Å². The van der Waals surface area contributed by atoms with Crippen LogP contribution in [0.4, 0.5) is 0 Å². The SMILES string of the molecule is C/C=C/CC(CCC)(C(=O)OCC)C(=O)OCC. The average molecular weight is 256 g/mol. The molecule has 0 aliphatic carbocycles. The molecule has 0 rings (SSSR count). The molecule has 0 atom stereocenters. The van der Waals surface area contributed by atoms with E-state index in [9.17, 15) is 9.59 Å². The zero-order valence-electron chi connectivity index (χ0n) is 11.8. The van der Waals surface area contributed by atoms with Crippen LogP contribution in [0.1, 0.15) is 47.0 Å². The number of allylic oxidation sites excluding steroid dienone is 2. The fourth-order valence-electron chi connectivity index (χ4n) is 1.84. The molecule has 0 aliphatic rings. The highest BCUT2D eigenvalue weighted by molar-refractivity contribution is 6.00. The molecule has 4 nitrogen and oxygen atoms in total. The van der Waals surface area contributed by atoms with Crippen LogP contribution in [-0.4, -0.2) is 25.2 Å². The predicted molar refractivity (Wildman–Crippen MR) is 70.0 cm³/mol. The number of hydrogen-bond acceptors (Lipinski definition) is 4. The molecule has 0 aromatic heterocycles. The van der Waals surface area contributed by atoms with Gasteiger partial charge in [0.1, 0.15) is 0 Å². The Bertz CT molecular complexity index is 276. The Morgan fingerprint density at radius 1 is 1.06 bits per heavy atom. The largest absolute Gasteiger partial charge is 0.465 e. The summed E-state index contributed by atoms with van der Waals surface area (Å²) < 4.78 is 10.1. The quantitative estimate of drug-likeness (QED) is 0.380. The van der Waals surface area contributed by atoms with Crippen molar-refractivity contribution in [2.24, 2.45) is 5.41 Å². The van der Waals surface area contributed by atoms with Crippen molar-refractivity contribution in [3.63, 3.8) is 0 Å². The molecule has 0 amide bonds. The van der Waals surface area contributed by atoms with E-state index in [0.717, 1.165) is 6.42 Å². The van der Waals surface area contributed by atoms with Crippen LogP contribution in [0, 0.1) is 5.41 Å². The summed E-state index contributed by atoms with van der Waals surface area (Å²) in [6, 6.07) is 0. The first kappa shape index (κ1) is 16.7. The minimum atomic E-state index is -1.19. The lowest BCUT2D eigenvalue weighted by molar-refractivity contribution is -0.172. The van der Waals surface area contributed by atoms with Crippen LogP contribution in [0.25, 0.3) is 0 Å². The molecule has 0 aromatic carbocycles. The van der Waals surface area contributed by atoms with Crippen LogP contribution >= 0.6 is 0 Å². The van der Waals surface area contributed by atoms with E-state index in [1.807, 2.05) is 26.0 Å². The molecular weight excluding hydrogens is 232 g/mol. The number of hydrogen-bond donors (Lipinski definition) is 0. The summed E-state index contributed by atoms with van der Waals surface area (Å²) in [6.07, 6.45) is 5.12. The van der Waals surface area contributed by atoms with Crippen molar-refractivity contribution in [1.29, 1.82) is 0 Å². The number of carbonyl (C=O) groups excluding carboxylic acids is 2. The van der Waals surface area contributed by atoms with Gasteiger partial charge in [0.05, 0.1) is 13.2 Å². The van der Waals surface area contributed by atoms with Crippen molar-refractivity contribution in [1.82, 2.24) is 0 Å². The van der Waals surface area contributed by atoms with Crippen LogP contribution in [0.15, 0.2) is 12.2 Å². The summed E-state index contributed by atoms with van der Waals surface area (Å²) in [4.78, 5) is 24.2. The maximum atomic E-state index is 12.1. The minimum absolute atomic E-state index is 0.263. The molecule has 104 valence electrons. The molecule has 0 aromatic rings. The Morgan fingerprint density at radius 2 is 1.56 bits per heavy atom. The number of carbonyl (C=O) groups is 2. The van der Waals surface area contributed by atoms with Gasteiger partial charge in [-0.25, -0.2) is 0 Å². The Hall–Kier alpha value is -1.32. The van der Waals surface area contributed by atoms with Gasteiger partial charge in [-0.1, -0.05) is 25.5 Å². The molecule has 4 heteroatoms. The maximum absolute atomic E-state index is 12.1. The lowest BCUT2D eigenvalue weighted by Gasteiger charge is -2.27. The van der Waals surface area contributed by atoms with E-state index in [2.05, 4.69) is 0 Å². The standard InChI is InChI=1S/C14H24O4/c1-5-9-11-14(10-6-2,12(15)17-7-3)13(16)18-8-4/h5,9H,6-8,10-11H2,1-4H3/b9-5+. The molecule has 0 radical (unpaired) electrons. The van der Waals surface area contributed by atoms with Gasteiger partial charge in [-0.3, -0.25) is 9.59 Å². The fraction of sp³-hybridized carbons (Fsp3) is 0.714. The van der Waals surface area contributed by atoms with Gasteiger partial charge >= 0.3 is 11.9 Å².